The molecule has 1 unspecified atom stereocenters. The van der Waals surface area contributed by atoms with Crippen LogP contribution in [0.4, 0.5) is 0 Å². The second-order valence-corrected chi connectivity index (χ2v) is 4.88. The van der Waals surface area contributed by atoms with E-state index in [1.165, 1.54) is 24.8 Å². The van der Waals surface area contributed by atoms with Crippen molar-refractivity contribution >= 4 is 0 Å². The zero-order chi connectivity index (χ0) is 10.7. The Hall–Kier alpha value is -0.820. The largest absolute Gasteiger partial charge is 0.307 e. The summed E-state index contributed by atoms with van der Waals surface area (Å²) in [5.41, 5.74) is 1.68. The molecule has 1 nitrogen and oxygen atoms in total. The molecule has 0 saturated carbocycles. The molecule has 0 aromatic heterocycles. The fraction of sp³-hybridized carbons (Fsp3) is 0.571. The molecule has 1 atom stereocenters. The van der Waals surface area contributed by atoms with Crippen LogP contribution in [0, 0.1) is 5.92 Å². The summed E-state index contributed by atoms with van der Waals surface area (Å²) in [5, 5.41) is 3.75. The minimum absolute atomic E-state index is 0.222. The number of rotatable bonds is 2. The number of hydrogen-bond donors (Lipinski definition) is 1. The maximum atomic E-state index is 3.75. The Bertz CT molecular complexity index is 296. The molecule has 2 rings (SSSR count). The quantitative estimate of drug-likeness (QED) is 0.777. The van der Waals surface area contributed by atoms with E-state index in [0.717, 1.165) is 6.54 Å². The smallest absolute Gasteiger partial charge is 0.0457 e. The SMILES string of the molecule is CC(C)C1(c2ccccc2)CCCCN1. The Morgan fingerprint density at radius 2 is 1.87 bits per heavy atom. The van der Waals surface area contributed by atoms with Crippen LogP contribution in [0.3, 0.4) is 0 Å². The first-order valence-corrected chi connectivity index (χ1v) is 6.06. The Labute approximate surface area is 92.9 Å². The van der Waals surface area contributed by atoms with Crippen LogP contribution in [-0.4, -0.2) is 6.54 Å². The van der Waals surface area contributed by atoms with E-state index in [4.69, 9.17) is 0 Å². The lowest BCUT2D eigenvalue weighted by Crippen LogP contribution is -2.49. The predicted octanol–water partition coefficient (Wildman–Crippen LogP) is 3.31. The van der Waals surface area contributed by atoms with Gasteiger partial charge in [-0.25, -0.2) is 0 Å². The summed E-state index contributed by atoms with van der Waals surface area (Å²) in [4.78, 5) is 0. The van der Waals surface area contributed by atoms with Gasteiger partial charge in [-0.1, -0.05) is 44.2 Å². The molecule has 1 heteroatoms. The van der Waals surface area contributed by atoms with Crippen molar-refractivity contribution in [3.05, 3.63) is 35.9 Å². The van der Waals surface area contributed by atoms with Gasteiger partial charge in [-0.05, 0) is 37.3 Å². The zero-order valence-corrected chi connectivity index (χ0v) is 9.79. The monoisotopic (exact) mass is 203 g/mol. The zero-order valence-electron chi connectivity index (χ0n) is 9.79. The van der Waals surface area contributed by atoms with E-state index in [0.29, 0.717) is 5.92 Å². The Morgan fingerprint density at radius 1 is 1.13 bits per heavy atom. The van der Waals surface area contributed by atoms with Crippen molar-refractivity contribution in [3.63, 3.8) is 0 Å². The van der Waals surface area contributed by atoms with Gasteiger partial charge in [0.2, 0.25) is 0 Å². The lowest BCUT2D eigenvalue weighted by molar-refractivity contribution is 0.184. The van der Waals surface area contributed by atoms with Gasteiger partial charge >= 0.3 is 0 Å². The highest BCUT2D eigenvalue weighted by molar-refractivity contribution is 5.25. The molecule has 0 aliphatic carbocycles. The molecular weight excluding hydrogens is 182 g/mol. The van der Waals surface area contributed by atoms with E-state index in [1.807, 2.05) is 0 Å². The second-order valence-electron chi connectivity index (χ2n) is 4.88. The standard InChI is InChI=1S/C14H21N/c1-12(2)14(10-6-7-11-15-14)13-8-4-3-5-9-13/h3-5,8-9,12,15H,6-7,10-11H2,1-2H3. The van der Waals surface area contributed by atoms with Crippen molar-refractivity contribution in [2.45, 2.75) is 38.6 Å². The first-order valence-electron chi connectivity index (χ1n) is 6.06. The Balaban J connectivity index is 2.34. The lowest BCUT2D eigenvalue weighted by atomic mass is 9.74. The average molecular weight is 203 g/mol. The molecule has 1 aliphatic heterocycles. The van der Waals surface area contributed by atoms with Crippen molar-refractivity contribution in [1.82, 2.24) is 5.32 Å². The number of benzene rings is 1. The molecule has 1 fully saturated rings. The van der Waals surface area contributed by atoms with Gasteiger partial charge in [0.15, 0.2) is 0 Å². The average Bonchev–Trinajstić information content (AvgIpc) is 2.31. The van der Waals surface area contributed by atoms with Crippen LogP contribution < -0.4 is 5.32 Å². The normalized spacial score (nSPS) is 26.9. The molecule has 82 valence electrons. The van der Waals surface area contributed by atoms with E-state index < -0.39 is 0 Å². The van der Waals surface area contributed by atoms with Crippen molar-refractivity contribution in [3.8, 4) is 0 Å². The first kappa shape index (κ1) is 10.7. The van der Waals surface area contributed by atoms with Crippen molar-refractivity contribution in [1.29, 1.82) is 0 Å². The molecule has 0 bridgehead atoms. The van der Waals surface area contributed by atoms with E-state index in [2.05, 4.69) is 49.5 Å². The second kappa shape index (κ2) is 4.36. The molecule has 1 aliphatic rings. The van der Waals surface area contributed by atoms with Crippen LogP contribution in [0.2, 0.25) is 0 Å². The molecule has 0 radical (unpaired) electrons. The summed E-state index contributed by atoms with van der Waals surface area (Å²) in [7, 11) is 0. The first-order chi connectivity index (χ1) is 7.26. The fourth-order valence-electron chi connectivity index (χ4n) is 2.74. The third-order valence-corrected chi connectivity index (χ3v) is 3.71. The van der Waals surface area contributed by atoms with Crippen molar-refractivity contribution < 1.29 is 0 Å². The van der Waals surface area contributed by atoms with Crippen molar-refractivity contribution in [2.75, 3.05) is 6.54 Å². The van der Waals surface area contributed by atoms with Crippen LogP contribution in [0.15, 0.2) is 30.3 Å². The minimum atomic E-state index is 0.222. The van der Waals surface area contributed by atoms with Gasteiger partial charge in [-0.2, -0.15) is 0 Å². The van der Waals surface area contributed by atoms with Crippen LogP contribution in [0.1, 0.15) is 38.7 Å². The Morgan fingerprint density at radius 3 is 2.40 bits per heavy atom. The van der Waals surface area contributed by atoms with Gasteiger partial charge < -0.3 is 5.32 Å². The summed E-state index contributed by atoms with van der Waals surface area (Å²) < 4.78 is 0. The number of hydrogen-bond acceptors (Lipinski definition) is 1. The predicted molar refractivity (Wildman–Crippen MR) is 64.8 cm³/mol. The van der Waals surface area contributed by atoms with Crippen LogP contribution >= 0.6 is 0 Å². The van der Waals surface area contributed by atoms with Gasteiger partial charge in [0.25, 0.3) is 0 Å². The molecule has 1 aromatic carbocycles. The highest BCUT2D eigenvalue weighted by Gasteiger charge is 2.36. The summed E-state index contributed by atoms with van der Waals surface area (Å²) in [6, 6.07) is 10.9. The molecule has 0 amide bonds. The third-order valence-electron chi connectivity index (χ3n) is 3.71. The van der Waals surface area contributed by atoms with Crippen LogP contribution in [-0.2, 0) is 5.54 Å². The minimum Gasteiger partial charge on any atom is -0.307 e. The third kappa shape index (κ3) is 1.93. The highest BCUT2D eigenvalue weighted by atomic mass is 15.0. The topological polar surface area (TPSA) is 12.0 Å². The molecule has 1 aromatic rings. The number of piperidine rings is 1. The maximum absolute atomic E-state index is 3.75. The summed E-state index contributed by atoms with van der Waals surface area (Å²) in [6.07, 6.45) is 3.94. The summed E-state index contributed by atoms with van der Waals surface area (Å²) in [6.45, 7) is 5.81. The molecule has 0 spiro atoms. The van der Waals surface area contributed by atoms with Gasteiger partial charge in [0, 0.05) is 5.54 Å². The highest BCUT2D eigenvalue weighted by Crippen LogP contribution is 2.36. The fourth-order valence-corrected chi connectivity index (χ4v) is 2.74. The maximum Gasteiger partial charge on any atom is 0.0457 e. The lowest BCUT2D eigenvalue weighted by Gasteiger charge is -2.42. The van der Waals surface area contributed by atoms with Crippen LogP contribution in [0.25, 0.3) is 0 Å². The van der Waals surface area contributed by atoms with Gasteiger partial charge in [-0.15, -0.1) is 0 Å². The summed E-state index contributed by atoms with van der Waals surface area (Å²) in [5.74, 6) is 0.653. The van der Waals surface area contributed by atoms with E-state index in [1.54, 1.807) is 0 Å². The molecule has 1 saturated heterocycles. The molecule has 1 heterocycles. The van der Waals surface area contributed by atoms with Crippen molar-refractivity contribution in [2.24, 2.45) is 5.92 Å². The number of nitrogens with one attached hydrogen (secondary N) is 1. The van der Waals surface area contributed by atoms with Gasteiger partial charge in [-0.3, -0.25) is 0 Å². The van der Waals surface area contributed by atoms with Gasteiger partial charge in [0.05, 0.1) is 0 Å². The van der Waals surface area contributed by atoms with Crippen LogP contribution in [0.5, 0.6) is 0 Å². The van der Waals surface area contributed by atoms with E-state index >= 15 is 0 Å². The molecular formula is C14H21N. The van der Waals surface area contributed by atoms with E-state index in [-0.39, 0.29) is 5.54 Å². The Kier molecular flexibility index (Phi) is 3.11. The van der Waals surface area contributed by atoms with E-state index in [9.17, 15) is 0 Å². The summed E-state index contributed by atoms with van der Waals surface area (Å²) >= 11 is 0. The molecule has 1 N–H and O–H groups in total. The van der Waals surface area contributed by atoms with Gasteiger partial charge in [0.1, 0.15) is 0 Å². The molecule has 15 heavy (non-hydrogen) atoms.